The quantitative estimate of drug-likeness (QED) is 0.499. The van der Waals surface area contributed by atoms with E-state index >= 15 is 0 Å². The van der Waals surface area contributed by atoms with Crippen LogP contribution in [0, 0.1) is 17.3 Å². The molecule has 0 N–H and O–H groups in total. The third-order valence-electron chi connectivity index (χ3n) is 4.77. The van der Waals surface area contributed by atoms with E-state index in [2.05, 4.69) is 33.4 Å². The summed E-state index contributed by atoms with van der Waals surface area (Å²) in [4.78, 5) is 0. The Labute approximate surface area is 88.1 Å². The molecule has 0 saturated heterocycles. The fourth-order valence-corrected chi connectivity index (χ4v) is 3.14. The smallest absolute Gasteiger partial charge is 0.00819 e. The molecule has 2 aliphatic carbocycles. The molecule has 3 atom stereocenters. The summed E-state index contributed by atoms with van der Waals surface area (Å²) in [5.74, 6) is 1.70. The molecule has 14 heavy (non-hydrogen) atoms. The van der Waals surface area contributed by atoms with Crippen LogP contribution in [0.1, 0.15) is 46.5 Å². The van der Waals surface area contributed by atoms with Gasteiger partial charge in [-0.25, -0.2) is 0 Å². The molecule has 0 aromatic heterocycles. The number of hydrogen-bond donors (Lipinski definition) is 0. The van der Waals surface area contributed by atoms with Crippen molar-refractivity contribution in [2.24, 2.45) is 17.3 Å². The Morgan fingerprint density at radius 1 is 1.43 bits per heavy atom. The summed E-state index contributed by atoms with van der Waals surface area (Å²) >= 11 is 0. The third-order valence-corrected chi connectivity index (χ3v) is 4.77. The summed E-state index contributed by atoms with van der Waals surface area (Å²) < 4.78 is 0. The second-order valence-corrected chi connectivity index (χ2v) is 5.58. The van der Waals surface area contributed by atoms with Gasteiger partial charge in [-0.15, -0.1) is 0 Å². The van der Waals surface area contributed by atoms with Crippen LogP contribution < -0.4 is 0 Å². The Hall–Kier alpha value is -0.520. The van der Waals surface area contributed by atoms with Gasteiger partial charge in [0, 0.05) is 0 Å². The topological polar surface area (TPSA) is 0 Å². The van der Waals surface area contributed by atoms with Crippen molar-refractivity contribution in [3.05, 3.63) is 23.8 Å². The van der Waals surface area contributed by atoms with Crippen LogP contribution in [-0.4, -0.2) is 0 Å². The lowest BCUT2D eigenvalue weighted by molar-refractivity contribution is 0.144. The summed E-state index contributed by atoms with van der Waals surface area (Å²) in [6, 6.07) is 0. The first-order chi connectivity index (χ1) is 6.54. The Morgan fingerprint density at radius 2 is 2.14 bits per heavy atom. The Morgan fingerprint density at radius 3 is 2.86 bits per heavy atom. The predicted molar refractivity (Wildman–Crippen MR) is 62.1 cm³/mol. The third kappa shape index (κ3) is 1.36. The lowest BCUT2D eigenvalue weighted by Gasteiger charge is -2.47. The van der Waals surface area contributed by atoms with Gasteiger partial charge in [-0.05, 0) is 42.9 Å². The first kappa shape index (κ1) is 10.0. The SMILES string of the molecule is C=C1CCC2(C)C(=CCC(C)C2C)C1. The molecule has 0 amide bonds. The Bertz CT molecular complexity index is 284. The second kappa shape index (κ2) is 3.25. The van der Waals surface area contributed by atoms with Gasteiger partial charge in [0.2, 0.25) is 0 Å². The molecule has 0 heterocycles. The van der Waals surface area contributed by atoms with Crippen molar-refractivity contribution >= 4 is 0 Å². The van der Waals surface area contributed by atoms with Gasteiger partial charge in [0.25, 0.3) is 0 Å². The van der Waals surface area contributed by atoms with Crippen LogP contribution >= 0.6 is 0 Å². The van der Waals surface area contributed by atoms with Crippen molar-refractivity contribution in [1.29, 1.82) is 0 Å². The molecule has 0 aliphatic heterocycles. The van der Waals surface area contributed by atoms with Crippen LogP contribution in [0.2, 0.25) is 0 Å². The van der Waals surface area contributed by atoms with Gasteiger partial charge >= 0.3 is 0 Å². The van der Waals surface area contributed by atoms with E-state index in [-0.39, 0.29) is 0 Å². The van der Waals surface area contributed by atoms with Gasteiger partial charge in [-0.3, -0.25) is 0 Å². The predicted octanol–water partition coefficient (Wildman–Crippen LogP) is 4.34. The first-order valence-electron chi connectivity index (χ1n) is 5.90. The van der Waals surface area contributed by atoms with Crippen LogP contribution in [0.3, 0.4) is 0 Å². The van der Waals surface area contributed by atoms with E-state index in [0.717, 1.165) is 11.8 Å². The van der Waals surface area contributed by atoms with Crippen LogP contribution in [-0.2, 0) is 0 Å². The van der Waals surface area contributed by atoms with Crippen molar-refractivity contribution in [3.8, 4) is 0 Å². The monoisotopic (exact) mass is 190 g/mol. The van der Waals surface area contributed by atoms with Crippen molar-refractivity contribution in [3.63, 3.8) is 0 Å². The van der Waals surface area contributed by atoms with E-state index in [1.165, 1.54) is 31.3 Å². The Balaban J connectivity index is 2.32. The summed E-state index contributed by atoms with van der Waals surface area (Å²) in [6.45, 7) is 11.4. The molecule has 0 heteroatoms. The molecule has 1 fully saturated rings. The number of allylic oxidation sites excluding steroid dienone is 3. The molecule has 0 aromatic carbocycles. The maximum Gasteiger partial charge on any atom is -0.00819 e. The van der Waals surface area contributed by atoms with E-state index in [9.17, 15) is 0 Å². The highest BCUT2D eigenvalue weighted by molar-refractivity contribution is 5.28. The lowest BCUT2D eigenvalue weighted by Crippen LogP contribution is -2.37. The van der Waals surface area contributed by atoms with Gasteiger partial charge in [-0.1, -0.05) is 44.6 Å². The van der Waals surface area contributed by atoms with Crippen LogP contribution in [0.4, 0.5) is 0 Å². The normalized spacial score (nSPS) is 43.1. The van der Waals surface area contributed by atoms with Gasteiger partial charge in [0.05, 0.1) is 0 Å². The van der Waals surface area contributed by atoms with Crippen molar-refractivity contribution in [1.82, 2.24) is 0 Å². The maximum absolute atomic E-state index is 4.14. The number of rotatable bonds is 0. The van der Waals surface area contributed by atoms with Crippen LogP contribution in [0.25, 0.3) is 0 Å². The maximum atomic E-state index is 4.14. The summed E-state index contributed by atoms with van der Waals surface area (Å²) in [5, 5.41) is 0. The van der Waals surface area contributed by atoms with E-state index in [0.29, 0.717) is 5.41 Å². The molecule has 78 valence electrons. The minimum absolute atomic E-state index is 0.485. The van der Waals surface area contributed by atoms with Gasteiger partial charge in [0.1, 0.15) is 0 Å². The lowest BCUT2D eigenvalue weighted by atomic mass is 9.57. The van der Waals surface area contributed by atoms with Crippen molar-refractivity contribution in [2.75, 3.05) is 0 Å². The number of fused-ring (bicyclic) bond motifs is 1. The zero-order chi connectivity index (χ0) is 10.3. The van der Waals surface area contributed by atoms with Crippen molar-refractivity contribution in [2.45, 2.75) is 46.5 Å². The minimum Gasteiger partial charge on any atom is -0.0995 e. The molecule has 2 rings (SSSR count). The zero-order valence-electron chi connectivity index (χ0n) is 9.77. The molecule has 0 bridgehead atoms. The molecule has 0 spiro atoms. The van der Waals surface area contributed by atoms with Gasteiger partial charge in [0.15, 0.2) is 0 Å². The standard InChI is InChI=1S/C14H22/c1-10-7-8-14(4)12(3)11(2)5-6-13(14)9-10/h6,11-12H,1,5,7-9H2,2-4H3. The molecule has 2 aliphatic rings. The molecular weight excluding hydrogens is 168 g/mol. The molecule has 1 saturated carbocycles. The summed E-state index contributed by atoms with van der Waals surface area (Å²) in [5.41, 5.74) is 3.61. The fraction of sp³-hybridized carbons (Fsp3) is 0.714. The average molecular weight is 190 g/mol. The molecule has 0 radical (unpaired) electrons. The second-order valence-electron chi connectivity index (χ2n) is 5.58. The number of hydrogen-bond acceptors (Lipinski definition) is 0. The summed E-state index contributed by atoms with van der Waals surface area (Å²) in [7, 11) is 0. The first-order valence-corrected chi connectivity index (χ1v) is 5.90. The highest BCUT2D eigenvalue weighted by Crippen LogP contribution is 2.52. The van der Waals surface area contributed by atoms with E-state index in [1.54, 1.807) is 5.57 Å². The van der Waals surface area contributed by atoms with E-state index in [1.807, 2.05) is 0 Å². The largest absolute Gasteiger partial charge is 0.0995 e. The fourth-order valence-electron chi connectivity index (χ4n) is 3.14. The molecule has 0 nitrogen and oxygen atoms in total. The van der Waals surface area contributed by atoms with E-state index in [4.69, 9.17) is 0 Å². The minimum atomic E-state index is 0.485. The average Bonchev–Trinajstić information content (AvgIpc) is 2.16. The highest BCUT2D eigenvalue weighted by atomic mass is 14.5. The van der Waals surface area contributed by atoms with Crippen molar-refractivity contribution < 1.29 is 0 Å². The van der Waals surface area contributed by atoms with Crippen LogP contribution in [0.15, 0.2) is 23.8 Å². The summed E-state index contributed by atoms with van der Waals surface area (Å²) in [6.07, 6.45) is 7.51. The molecule has 3 unspecified atom stereocenters. The van der Waals surface area contributed by atoms with E-state index < -0.39 is 0 Å². The van der Waals surface area contributed by atoms with Gasteiger partial charge in [-0.2, -0.15) is 0 Å². The molecular formula is C14H22. The highest BCUT2D eigenvalue weighted by Gasteiger charge is 2.41. The van der Waals surface area contributed by atoms with Gasteiger partial charge < -0.3 is 0 Å². The molecule has 0 aromatic rings. The zero-order valence-corrected chi connectivity index (χ0v) is 9.77. The van der Waals surface area contributed by atoms with Crippen LogP contribution in [0.5, 0.6) is 0 Å². The Kier molecular flexibility index (Phi) is 2.33.